The van der Waals surface area contributed by atoms with E-state index < -0.39 is 236 Å². The lowest BCUT2D eigenvalue weighted by atomic mass is 9.97. The van der Waals surface area contributed by atoms with Crippen LogP contribution < -0.4 is 0 Å². The van der Waals surface area contributed by atoms with E-state index in [0.29, 0.717) is 22.4 Å². The van der Waals surface area contributed by atoms with Crippen LogP contribution in [0.25, 0.3) is 165 Å². The summed E-state index contributed by atoms with van der Waals surface area (Å²) in [6, 6.07) is -23.6. The highest BCUT2D eigenvalue weighted by atomic mass is 15.2. The maximum Gasteiger partial charge on any atom is 0.215 e. The predicted molar refractivity (Wildman–Crippen MR) is 429 cm³/mol. The Morgan fingerprint density at radius 3 is 1.35 bits per heavy atom. The van der Waals surface area contributed by atoms with E-state index in [9.17, 15) is 1.37 Å². The van der Waals surface area contributed by atoms with Crippen LogP contribution in [-0.4, -0.2) is 36.8 Å². The van der Waals surface area contributed by atoms with Crippen LogP contribution in [0.15, 0.2) is 302 Å². The van der Waals surface area contributed by atoms with E-state index in [1.165, 1.54) is 59.9 Å². The van der Waals surface area contributed by atoms with Crippen molar-refractivity contribution in [3.05, 3.63) is 330 Å². The number of imidazole rings is 2. The molecule has 8 nitrogen and oxygen atoms in total. The number of nitrogens with zero attached hydrogens (tertiary/aromatic N) is 8. The molecule has 0 unspecified atom stereocenters. The summed E-state index contributed by atoms with van der Waals surface area (Å²) < 4.78 is 434. The normalized spacial score (nSPS) is 18.7. The second-order valence-corrected chi connectivity index (χ2v) is 23.2. The fourth-order valence-electron chi connectivity index (χ4n) is 12.7. The summed E-state index contributed by atoms with van der Waals surface area (Å²) in [5.74, 6) is 0.309. The SMILES string of the molecule is [2H]c1c([2H])c([2H])c(-c2c([2H])c([2H])c(C)c([2H])c2-n2c3c([2H])c([2H])c([2H])c([2H])c3c3c([2H])c([2H])c([2H])c([2H])c32)c(C)c1[2H].[2H]c1c([2H])c([2H])c2c(c1[2H])c1c([2H])c(-n3c4c([2H])c([2H])c([2H])c([2H])c4c4c([2H])c(C)c([2H])c([2H])c43)c([2H])c([2H])c1n2C.[2H]c1c([2H])c([2H])c2c(c1[2H])c1c([2H])c([2H])c([2H])c(-n3c4c([2H])c([2H])c([2H])c([2H])c4c4c([2H])c([2H])c(C)c([2H])c43)c1n2C.[2H]c1c([2H])c([2H])c2c(nc3n(C)c4c([2H])c([2H])c(C)c([2H])c4n23)c1[2H]. The zero-order valence-corrected chi connectivity index (χ0v) is 54.1. The fraction of sp³-hybridized carbons (Fsp3) is 0.0860. The molecule has 0 amide bonds. The van der Waals surface area contributed by atoms with Gasteiger partial charge >= 0.3 is 0 Å². The number of fused-ring (bicyclic) bond motifs is 20. The molecule has 7 aromatic heterocycles. The van der Waals surface area contributed by atoms with Gasteiger partial charge in [-0.2, -0.15) is 0 Å². The van der Waals surface area contributed by atoms with Crippen LogP contribution in [0.2, 0.25) is 0 Å². The topological polar surface area (TPSA) is 46.9 Å². The zero-order chi connectivity index (χ0) is 112. The van der Waals surface area contributed by atoms with Crippen molar-refractivity contribution in [2.24, 2.45) is 21.1 Å². The molecule has 0 radical (unpaired) electrons. The number of hydrogen-bond donors (Lipinski definition) is 0. The minimum atomic E-state index is -0.683. The second kappa shape index (κ2) is 24.1. The molecule has 0 saturated carbocycles. The number of aryl methyl sites for hydroxylation is 3. The fourth-order valence-corrected chi connectivity index (χ4v) is 12.7. The smallest absolute Gasteiger partial charge is 0.215 e. The predicted octanol–water partition coefficient (Wildman–Crippen LogP) is 23.8. The van der Waals surface area contributed by atoms with Crippen LogP contribution in [0.3, 0.4) is 0 Å². The molecule has 0 fully saturated rings. The first-order chi connectivity index (χ1) is 70.3. The van der Waals surface area contributed by atoms with E-state index >= 15 is 0 Å². The Morgan fingerprint density at radius 2 is 0.683 bits per heavy atom. The first-order valence-corrected chi connectivity index (χ1v) is 30.8. The summed E-state index contributed by atoms with van der Waals surface area (Å²) in [4.78, 5) is 4.34. The quantitative estimate of drug-likeness (QED) is 0.173. The van der Waals surface area contributed by atoms with Gasteiger partial charge in [-0.05, 0) is 171 Å². The highest BCUT2D eigenvalue weighted by Crippen LogP contribution is 2.41. The zero-order valence-electron chi connectivity index (χ0n) is 104. The summed E-state index contributed by atoms with van der Waals surface area (Å²) in [5.41, 5.74) is -1.39. The molecule has 101 heavy (non-hydrogen) atoms. The number of aromatic nitrogens is 8. The van der Waals surface area contributed by atoms with Crippen LogP contribution >= 0.6 is 0 Å². The lowest BCUT2D eigenvalue weighted by Gasteiger charge is -2.16. The first-order valence-electron chi connectivity index (χ1n) is 55.8. The molecule has 0 saturated heterocycles. The van der Waals surface area contributed by atoms with Crippen LogP contribution in [0.4, 0.5) is 0 Å². The van der Waals surface area contributed by atoms with Crippen molar-refractivity contribution >= 4 is 137 Å². The number of benzene rings is 14. The molecular formula is C93H74N8. The summed E-state index contributed by atoms with van der Waals surface area (Å²) in [6.07, 6.45) is 0. The molecule has 0 aliphatic carbocycles. The Balaban J connectivity index is 0.000000133. The van der Waals surface area contributed by atoms with Gasteiger partial charge < -0.3 is 27.4 Å². The van der Waals surface area contributed by atoms with E-state index in [1.54, 1.807) is 18.5 Å². The molecule has 8 heteroatoms. The Hall–Kier alpha value is -12.7. The number of rotatable bonds is 4. The minimum Gasteiger partial charge on any atom is -0.344 e. The van der Waals surface area contributed by atoms with E-state index in [2.05, 4.69) is 4.98 Å². The van der Waals surface area contributed by atoms with Gasteiger partial charge in [0.25, 0.3) is 0 Å². The van der Waals surface area contributed by atoms with Gasteiger partial charge in [0.05, 0.1) is 141 Å². The Morgan fingerprint density at radius 1 is 0.257 bits per heavy atom. The molecule has 7 heterocycles. The van der Waals surface area contributed by atoms with Crippen LogP contribution in [0, 0.1) is 34.6 Å². The first kappa shape index (κ1) is 27.9. The summed E-state index contributed by atoms with van der Waals surface area (Å²) >= 11 is 0. The van der Waals surface area contributed by atoms with Crippen molar-refractivity contribution in [3.63, 3.8) is 0 Å². The molecule has 21 aromatic rings. The number of para-hydroxylation sites is 9. The third-order valence-electron chi connectivity index (χ3n) is 17.1. The molecule has 0 aliphatic heterocycles. The van der Waals surface area contributed by atoms with Crippen LogP contribution in [-0.2, 0) is 21.1 Å². The summed E-state index contributed by atoms with van der Waals surface area (Å²) in [7, 11) is 4.57. The minimum absolute atomic E-state index is 0.00433. The van der Waals surface area contributed by atoms with E-state index in [-0.39, 0.29) is 237 Å². The summed E-state index contributed by atoms with van der Waals surface area (Å²) in [5, 5.41) is -1.25. The third kappa shape index (κ3) is 9.84. The van der Waals surface area contributed by atoms with Gasteiger partial charge in [-0.1, -0.05) is 199 Å². The van der Waals surface area contributed by atoms with Crippen molar-refractivity contribution in [2.75, 3.05) is 0 Å². The molecule has 0 atom stereocenters. The molecular weight excluding hydrogens is 1230 g/mol. The maximum absolute atomic E-state index is 9.29. The lowest BCUT2D eigenvalue weighted by Crippen LogP contribution is -1.98. The van der Waals surface area contributed by atoms with Gasteiger partial charge in [0.1, 0.15) is 0 Å². The second-order valence-electron chi connectivity index (χ2n) is 23.2. The van der Waals surface area contributed by atoms with E-state index in [0.717, 1.165) is 9.13 Å². The van der Waals surface area contributed by atoms with Crippen molar-refractivity contribution in [1.82, 2.24) is 36.8 Å². The molecule has 14 aromatic carbocycles. The molecule has 0 N–H and O–H groups in total. The molecule has 486 valence electrons. The van der Waals surface area contributed by atoms with E-state index in [1.807, 2.05) is 0 Å². The Bertz CT molecular complexity index is 9770. The van der Waals surface area contributed by atoms with Gasteiger partial charge in [-0.15, -0.1) is 0 Å². The highest BCUT2D eigenvalue weighted by Gasteiger charge is 2.21. The average Bonchev–Trinajstić information content (AvgIpc) is 1.53. The number of hydrogen-bond acceptors (Lipinski definition) is 1. The van der Waals surface area contributed by atoms with Crippen molar-refractivity contribution in [2.45, 2.75) is 34.6 Å². The van der Waals surface area contributed by atoms with Crippen molar-refractivity contribution < 1.29 is 68.5 Å². The van der Waals surface area contributed by atoms with E-state index in [4.69, 9.17) is 67.2 Å². The van der Waals surface area contributed by atoms with Gasteiger partial charge in [0.2, 0.25) is 5.78 Å². The largest absolute Gasteiger partial charge is 0.344 e. The van der Waals surface area contributed by atoms with Gasteiger partial charge in [0.15, 0.2) is 0 Å². The summed E-state index contributed by atoms with van der Waals surface area (Å²) in [6.45, 7) is 7.24. The molecule has 21 rings (SSSR count). The highest BCUT2D eigenvalue weighted by molar-refractivity contribution is 6.16. The monoisotopic (exact) mass is 1350 g/mol. The van der Waals surface area contributed by atoms with Crippen LogP contribution in [0.5, 0.6) is 0 Å². The standard InChI is InChI=1S/2C26H20N2.C26H21N.C15H13N3/c1-17-14-15-20-18-8-4-6-12-23(18)28(25(20)16-17)24-13-7-10-21-19-9-3-5-11-22(19)27(2)26(21)24;1-17-11-13-26-21(15-17)20-8-4-6-10-25(20)28(26)18-12-14-24-22(16-18)19-7-3-5-9-23(19)27(24)2;1-18-15-16-23(20-10-4-3-9-19(20)2)26(17-18)27-24-13-7-5-11-21(24)22-12-6-8-14-25(22)27;1-10-7-8-13-14(9-10)18-12-6-4-3-5-11(12)16-15(18)17(13)2/h2*3-16H,1-2H3;3-17H,1-2H3;3-9H,1-2H3/i2*3D,4D,5D,6D,7D,8D,9D,10D,11D,12D,13D,14D,15D,16D;3D,4D,5D,6D,7D,8D,9D,10D,11D,12D,13D,14D,15D,16D,17D;3D,4D,5D,6D,7D,8D,9D. The Kier molecular flexibility index (Phi) is 6.67. The van der Waals surface area contributed by atoms with Crippen LogP contribution in [0.1, 0.15) is 96.4 Å². The van der Waals surface area contributed by atoms with Gasteiger partial charge in [0, 0.05) is 103 Å². The Labute approximate surface area is 655 Å². The van der Waals surface area contributed by atoms with Gasteiger partial charge in [-0.3, -0.25) is 4.40 Å². The average molecular weight is 1350 g/mol. The molecule has 0 aliphatic rings. The molecule has 0 bridgehead atoms. The lowest BCUT2D eigenvalue weighted by molar-refractivity contribution is 0.973. The molecule has 0 spiro atoms. The maximum atomic E-state index is 9.29. The third-order valence-corrected chi connectivity index (χ3v) is 17.1. The van der Waals surface area contributed by atoms with Crippen molar-refractivity contribution in [3.8, 4) is 28.2 Å². The van der Waals surface area contributed by atoms with Crippen molar-refractivity contribution in [1.29, 1.82) is 0 Å². The van der Waals surface area contributed by atoms with Gasteiger partial charge in [-0.25, -0.2) is 4.98 Å².